The summed E-state index contributed by atoms with van der Waals surface area (Å²) in [7, 11) is 0. The maximum atomic E-state index is 12.9. The molecule has 0 bridgehead atoms. The first-order valence-corrected chi connectivity index (χ1v) is 12.1. The second-order valence-corrected chi connectivity index (χ2v) is 9.21. The second kappa shape index (κ2) is 9.91. The largest absolute Gasteiger partial charge is 0.387 e. The lowest BCUT2D eigenvalue weighted by atomic mass is 9.88. The van der Waals surface area contributed by atoms with E-state index < -0.39 is 0 Å². The van der Waals surface area contributed by atoms with Crippen LogP contribution in [0.2, 0.25) is 0 Å². The highest BCUT2D eigenvalue weighted by Gasteiger charge is 2.24. The van der Waals surface area contributed by atoms with Crippen LogP contribution in [-0.2, 0) is 0 Å². The van der Waals surface area contributed by atoms with Crippen LogP contribution in [0.1, 0.15) is 46.7 Å². The number of hydrogen-bond donors (Lipinski definition) is 2. The van der Waals surface area contributed by atoms with Crippen molar-refractivity contribution in [2.24, 2.45) is 0 Å². The maximum Gasteiger partial charge on any atom is 0.253 e. The Kier molecular flexibility index (Phi) is 6.37. The first-order chi connectivity index (χ1) is 17.1. The van der Waals surface area contributed by atoms with E-state index in [1.165, 1.54) is 10.8 Å². The summed E-state index contributed by atoms with van der Waals surface area (Å²) in [6, 6.07) is 15.9. The summed E-state index contributed by atoms with van der Waals surface area (Å²) in [6.45, 7) is 2.18. The van der Waals surface area contributed by atoms with Gasteiger partial charge in [-0.25, -0.2) is 0 Å². The van der Waals surface area contributed by atoms with Crippen LogP contribution < -0.4 is 21.1 Å². The molecule has 3 aliphatic rings. The van der Waals surface area contributed by atoms with Gasteiger partial charge in [0.05, 0.1) is 17.7 Å². The van der Waals surface area contributed by atoms with Gasteiger partial charge >= 0.3 is 0 Å². The number of carbonyl (C=O) groups is 1. The summed E-state index contributed by atoms with van der Waals surface area (Å²) in [5.41, 5.74) is 4.20. The smallest absolute Gasteiger partial charge is 0.253 e. The average molecular weight is 462 g/mol. The van der Waals surface area contributed by atoms with Crippen molar-refractivity contribution in [3.63, 3.8) is 0 Å². The number of allylic oxidation sites excluding steroid dienone is 4. The molecule has 35 heavy (non-hydrogen) atoms. The number of nitrogens with zero attached hydrogens (tertiary/aromatic N) is 3. The van der Waals surface area contributed by atoms with Crippen molar-refractivity contribution in [2.45, 2.75) is 31.2 Å². The zero-order valence-corrected chi connectivity index (χ0v) is 19.5. The summed E-state index contributed by atoms with van der Waals surface area (Å²) >= 11 is 0. The molecule has 0 saturated carbocycles. The lowest BCUT2D eigenvalue weighted by Crippen LogP contribution is -2.44. The molecule has 1 unspecified atom stereocenters. The van der Waals surface area contributed by atoms with Crippen LogP contribution in [0.5, 0.6) is 0 Å². The van der Waals surface area contributed by atoms with Gasteiger partial charge in [-0.1, -0.05) is 24.3 Å². The van der Waals surface area contributed by atoms with Crippen molar-refractivity contribution >= 4 is 23.9 Å². The second-order valence-electron chi connectivity index (χ2n) is 9.21. The van der Waals surface area contributed by atoms with Crippen molar-refractivity contribution in [3.05, 3.63) is 87.3 Å². The average Bonchev–Trinajstić information content (AvgIpc) is 2.93. The molecule has 2 aliphatic heterocycles. The number of benzene rings is 2. The molecular weight excluding hydrogens is 434 g/mol. The SMILES string of the molecule is N#CC1=CC(c2cc(NC3CCN(C(=O)c4ccc(C#N)cc4)CC3)c3c(c2)=CCNC=3)CC=C1. The molecule has 2 heterocycles. The van der Waals surface area contributed by atoms with Gasteiger partial charge in [0.1, 0.15) is 0 Å². The number of carbonyl (C=O) groups excluding carboxylic acids is 1. The Morgan fingerprint density at radius 1 is 1.09 bits per heavy atom. The van der Waals surface area contributed by atoms with Gasteiger partial charge < -0.3 is 15.5 Å². The van der Waals surface area contributed by atoms with Crippen molar-refractivity contribution < 1.29 is 4.79 Å². The molecule has 6 nitrogen and oxygen atoms in total. The number of piperidine rings is 1. The third-order valence-corrected chi connectivity index (χ3v) is 6.95. The Balaban J connectivity index is 1.31. The molecule has 5 rings (SSSR count). The van der Waals surface area contributed by atoms with Gasteiger partial charge in [-0.2, -0.15) is 10.5 Å². The molecule has 1 aliphatic carbocycles. The van der Waals surface area contributed by atoms with Crippen LogP contribution in [0.25, 0.3) is 12.3 Å². The zero-order chi connectivity index (χ0) is 24.2. The maximum absolute atomic E-state index is 12.9. The predicted molar refractivity (Wildman–Crippen MR) is 137 cm³/mol. The van der Waals surface area contributed by atoms with Gasteiger partial charge in [0.2, 0.25) is 0 Å². The van der Waals surface area contributed by atoms with E-state index >= 15 is 0 Å². The minimum Gasteiger partial charge on any atom is -0.387 e. The van der Waals surface area contributed by atoms with E-state index in [0.29, 0.717) is 29.8 Å². The predicted octanol–water partition coefficient (Wildman–Crippen LogP) is 2.89. The molecular formula is C29H27N5O. The number of hydrogen-bond acceptors (Lipinski definition) is 5. The van der Waals surface area contributed by atoms with E-state index in [-0.39, 0.29) is 17.9 Å². The molecule has 2 aromatic carbocycles. The van der Waals surface area contributed by atoms with E-state index in [4.69, 9.17) is 5.26 Å². The van der Waals surface area contributed by atoms with Crippen molar-refractivity contribution in [1.82, 2.24) is 10.2 Å². The first-order valence-electron chi connectivity index (χ1n) is 12.1. The number of amides is 1. The third-order valence-electron chi connectivity index (χ3n) is 6.95. The monoisotopic (exact) mass is 461 g/mol. The fourth-order valence-electron chi connectivity index (χ4n) is 5.00. The molecule has 1 saturated heterocycles. The summed E-state index contributed by atoms with van der Waals surface area (Å²) in [5.74, 6) is 0.209. The Morgan fingerprint density at radius 3 is 2.63 bits per heavy atom. The number of nitriles is 2. The lowest BCUT2D eigenvalue weighted by Gasteiger charge is -2.33. The van der Waals surface area contributed by atoms with Crippen LogP contribution in [-0.4, -0.2) is 36.5 Å². The van der Waals surface area contributed by atoms with Crippen LogP contribution in [0.4, 0.5) is 5.69 Å². The highest BCUT2D eigenvalue weighted by atomic mass is 16.2. The summed E-state index contributed by atoms with van der Waals surface area (Å²) in [4.78, 5) is 14.8. The van der Waals surface area contributed by atoms with Crippen LogP contribution in [0.3, 0.4) is 0 Å². The number of nitrogens with one attached hydrogen (secondary N) is 2. The van der Waals surface area contributed by atoms with Crippen LogP contribution in [0.15, 0.2) is 60.2 Å². The highest BCUT2D eigenvalue weighted by molar-refractivity contribution is 5.94. The van der Waals surface area contributed by atoms with E-state index in [2.05, 4.69) is 59.3 Å². The Morgan fingerprint density at radius 2 is 1.89 bits per heavy atom. The van der Waals surface area contributed by atoms with Crippen molar-refractivity contribution in [1.29, 1.82) is 10.5 Å². The molecule has 0 aromatic heterocycles. The highest BCUT2D eigenvalue weighted by Crippen LogP contribution is 2.28. The quantitative estimate of drug-likeness (QED) is 0.731. The third kappa shape index (κ3) is 4.83. The molecule has 1 atom stereocenters. The fourth-order valence-corrected chi connectivity index (χ4v) is 5.00. The summed E-state index contributed by atoms with van der Waals surface area (Å²) in [5, 5.41) is 27.8. The number of rotatable bonds is 4. The molecule has 0 spiro atoms. The van der Waals surface area contributed by atoms with Crippen LogP contribution >= 0.6 is 0 Å². The molecule has 0 radical (unpaired) electrons. The van der Waals surface area contributed by atoms with Gasteiger partial charge in [-0.05, 0) is 66.5 Å². The Bertz CT molecular complexity index is 1400. The van der Waals surface area contributed by atoms with Crippen molar-refractivity contribution in [2.75, 3.05) is 25.0 Å². The fraction of sp³-hybridized carbons (Fsp3) is 0.276. The van der Waals surface area contributed by atoms with Gasteiger partial charge in [-0.3, -0.25) is 4.79 Å². The summed E-state index contributed by atoms with van der Waals surface area (Å²) in [6.07, 6.45) is 12.9. The van der Waals surface area contributed by atoms with E-state index in [1.807, 2.05) is 11.0 Å². The number of anilines is 1. The molecule has 6 heteroatoms. The van der Waals surface area contributed by atoms with Gasteiger partial charge in [0.25, 0.3) is 5.91 Å². The minimum absolute atomic E-state index is 0.0184. The standard InChI is InChI=1S/C29H27N5O/c30-17-20-4-6-22(7-5-20)29(35)34-12-9-26(10-13-34)33-28-16-25(15-24-8-11-32-19-27(24)28)23-3-1-2-21(14-23)18-31/h1-2,4-8,14-16,19,23,26,32-33H,3,9-13H2. The van der Waals surface area contributed by atoms with E-state index in [1.54, 1.807) is 24.3 Å². The molecule has 1 fully saturated rings. The topological polar surface area (TPSA) is 92.0 Å². The lowest BCUT2D eigenvalue weighted by molar-refractivity contribution is 0.0718. The van der Waals surface area contributed by atoms with E-state index in [0.717, 1.165) is 36.7 Å². The normalized spacial score (nSPS) is 19.1. The number of likely N-dealkylation sites (tertiary alicyclic amines) is 1. The first kappa shape index (κ1) is 22.5. The van der Waals surface area contributed by atoms with Crippen molar-refractivity contribution in [3.8, 4) is 12.1 Å². The number of fused-ring (bicyclic) bond motifs is 1. The summed E-state index contributed by atoms with van der Waals surface area (Å²) < 4.78 is 0. The van der Waals surface area contributed by atoms with Gasteiger partial charge in [0.15, 0.2) is 0 Å². The Labute approximate surface area is 205 Å². The molecule has 2 N–H and O–H groups in total. The zero-order valence-electron chi connectivity index (χ0n) is 19.5. The van der Waals surface area contributed by atoms with Gasteiger partial charge in [0, 0.05) is 59.8 Å². The molecule has 2 aromatic rings. The molecule has 1 amide bonds. The van der Waals surface area contributed by atoms with Gasteiger partial charge in [-0.15, -0.1) is 0 Å². The Hall–Kier alpha value is -4.29. The molecule has 174 valence electrons. The van der Waals surface area contributed by atoms with Crippen LogP contribution in [0, 0.1) is 22.7 Å². The van der Waals surface area contributed by atoms with E-state index in [9.17, 15) is 10.1 Å². The minimum atomic E-state index is 0.0184.